The molecular weight excluding hydrogens is 266 g/mol. The summed E-state index contributed by atoms with van der Waals surface area (Å²) in [4.78, 5) is 12.1. The number of amides is 1. The molecule has 2 N–H and O–H groups in total. The Balaban J connectivity index is 1.81. The summed E-state index contributed by atoms with van der Waals surface area (Å²) in [6.45, 7) is 6.22. The quantitative estimate of drug-likeness (QED) is 0.734. The average molecular weight is 289 g/mol. The number of carbonyl (C=O) groups is 1. The Labute approximate surface area is 125 Å². The molecule has 5 nitrogen and oxygen atoms in total. The molecule has 2 rings (SSSR count). The van der Waals surface area contributed by atoms with Crippen LogP contribution in [0, 0.1) is 6.92 Å². The van der Waals surface area contributed by atoms with Gasteiger partial charge in [-0.25, -0.2) is 0 Å². The molecule has 1 amide bonds. The lowest BCUT2D eigenvalue weighted by Gasteiger charge is -2.05. The average Bonchev–Trinajstić information content (AvgIpc) is 2.89. The molecule has 0 atom stereocenters. The normalized spacial score (nSPS) is 11.0. The van der Waals surface area contributed by atoms with Gasteiger partial charge in [0.25, 0.3) is 5.91 Å². The van der Waals surface area contributed by atoms with Crippen molar-refractivity contribution in [2.45, 2.75) is 33.1 Å². The molecule has 0 saturated heterocycles. The summed E-state index contributed by atoms with van der Waals surface area (Å²) in [5.74, 6) is -0.139. The topological polar surface area (TPSA) is 67.0 Å². The number of hydrogen-bond acceptors (Lipinski definition) is 3. The largest absolute Gasteiger partial charge is 0.381 e. The molecule has 114 valence electrons. The monoisotopic (exact) mass is 289 g/mol. The minimum Gasteiger partial charge on any atom is -0.381 e. The Morgan fingerprint density at radius 1 is 1.33 bits per heavy atom. The molecule has 0 saturated carbocycles. The van der Waals surface area contributed by atoms with Crippen LogP contribution < -0.4 is 5.32 Å². The van der Waals surface area contributed by atoms with Crippen LogP contribution in [0.15, 0.2) is 18.2 Å². The maximum Gasteiger partial charge on any atom is 0.272 e. The van der Waals surface area contributed by atoms with Crippen LogP contribution in [-0.4, -0.2) is 35.9 Å². The second-order valence-corrected chi connectivity index (χ2v) is 5.20. The lowest BCUT2D eigenvalue weighted by Crippen LogP contribution is -2.25. The van der Waals surface area contributed by atoms with E-state index in [1.807, 2.05) is 25.1 Å². The van der Waals surface area contributed by atoms with Crippen LogP contribution in [0.1, 0.15) is 42.2 Å². The molecule has 0 bridgehead atoms. The molecular formula is C16H23N3O2. The van der Waals surface area contributed by atoms with Crippen LogP contribution in [0.2, 0.25) is 0 Å². The number of unbranched alkanes of at least 4 members (excludes halogenated alkanes) is 1. The summed E-state index contributed by atoms with van der Waals surface area (Å²) in [5, 5.41) is 10.7. The molecule has 1 aromatic carbocycles. The number of aryl methyl sites for hydroxylation is 1. The van der Waals surface area contributed by atoms with Crippen molar-refractivity contribution in [3.8, 4) is 0 Å². The highest BCUT2D eigenvalue weighted by molar-refractivity contribution is 6.04. The van der Waals surface area contributed by atoms with Gasteiger partial charge in [0, 0.05) is 25.1 Å². The highest BCUT2D eigenvalue weighted by Crippen LogP contribution is 2.17. The summed E-state index contributed by atoms with van der Waals surface area (Å²) in [5.41, 5.74) is 2.46. The van der Waals surface area contributed by atoms with Crippen molar-refractivity contribution in [1.82, 2.24) is 15.5 Å². The summed E-state index contributed by atoms with van der Waals surface area (Å²) in [6.07, 6.45) is 3.05. The number of carbonyl (C=O) groups excluding carboxylic acids is 1. The first-order valence-corrected chi connectivity index (χ1v) is 7.53. The van der Waals surface area contributed by atoms with Gasteiger partial charge in [-0.15, -0.1) is 0 Å². The Kier molecular flexibility index (Phi) is 5.75. The van der Waals surface area contributed by atoms with E-state index in [9.17, 15) is 4.79 Å². The van der Waals surface area contributed by atoms with Gasteiger partial charge in [-0.05, 0) is 31.9 Å². The van der Waals surface area contributed by atoms with Gasteiger partial charge in [0.05, 0.1) is 5.52 Å². The number of ether oxygens (including phenoxy) is 1. The van der Waals surface area contributed by atoms with Crippen molar-refractivity contribution in [3.05, 3.63) is 29.5 Å². The minimum absolute atomic E-state index is 0.139. The van der Waals surface area contributed by atoms with Gasteiger partial charge in [0.1, 0.15) is 0 Å². The zero-order valence-corrected chi connectivity index (χ0v) is 12.7. The number of H-pyrrole nitrogens is 1. The molecule has 0 fully saturated rings. The van der Waals surface area contributed by atoms with E-state index in [1.54, 1.807) is 0 Å². The lowest BCUT2D eigenvalue weighted by atomic mass is 10.1. The highest BCUT2D eigenvalue weighted by atomic mass is 16.5. The third-order valence-corrected chi connectivity index (χ3v) is 3.33. The first-order chi connectivity index (χ1) is 10.2. The Bertz CT molecular complexity index is 592. The van der Waals surface area contributed by atoms with Crippen LogP contribution in [0.4, 0.5) is 0 Å². The molecule has 2 aromatic rings. The highest BCUT2D eigenvalue weighted by Gasteiger charge is 2.13. The van der Waals surface area contributed by atoms with Gasteiger partial charge >= 0.3 is 0 Å². The van der Waals surface area contributed by atoms with Crippen LogP contribution in [0.5, 0.6) is 0 Å². The van der Waals surface area contributed by atoms with Crippen molar-refractivity contribution in [2.24, 2.45) is 0 Å². The summed E-state index contributed by atoms with van der Waals surface area (Å²) < 4.78 is 5.46. The molecule has 0 aliphatic carbocycles. The van der Waals surface area contributed by atoms with Gasteiger partial charge in [-0.2, -0.15) is 5.10 Å². The van der Waals surface area contributed by atoms with Crippen LogP contribution >= 0.6 is 0 Å². The molecule has 0 unspecified atom stereocenters. The summed E-state index contributed by atoms with van der Waals surface area (Å²) >= 11 is 0. The number of nitrogens with zero attached hydrogens (tertiary/aromatic N) is 1. The van der Waals surface area contributed by atoms with Gasteiger partial charge in [-0.3, -0.25) is 9.89 Å². The third kappa shape index (κ3) is 4.29. The lowest BCUT2D eigenvalue weighted by molar-refractivity contribution is 0.0937. The van der Waals surface area contributed by atoms with Crippen molar-refractivity contribution in [2.75, 3.05) is 19.8 Å². The van der Waals surface area contributed by atoms with Gasteiger partial charge in [0.2, 0.25) is 0 Å². The molecule has 0 aliphatic heterocycles. The van der Waals surface area contributed by atoms with Crippen molar-refractivity contribution in [3.63, 3.8) is 0 Å². The van der Waals surface area contributed by atoms with Crippen LogP contribution in [-0.2, 0) is 4.74 Å². The zero-order valence-electron chi connectivity index (χ0n) is 12.7. The molecule has 1 heterocycles. The number of nitrogens with one attached hydrogen (secondary N) is 2. The van der Waals surface area contributed by atoms with Gasteiger partial charge in [0.15, 0.2) is 5.69 Å². The Morgan fingerprint density at radius 3 is 2.95 bits per heavy atom. The van der Waals surface area contributed by atoms with Gasteiger partial charge < -0.3 is 10.1 Å². The SMILES string of the molecule is CCCCOCCCNC(=O)c1n[nH]c2ccc(C)cc12. The zero-order chi connectivity index (χ0) is 15.1. The van der Waals surface area contributed by atoms with E-state index in [1.165, 1.54) is 0 Å². The van der Waals surface area contributed by atoms with E-state index >= 15 is 0 Å². The Morgan fingerprint density at radius 2 is 2.14 bits per heavy atom. The van der Waals surface area contributed by atoms with E-state index < -0.39 is 0 Å². The predicted molar refractivity (Wildman–Crippen MR) is 83.5 cm³/mol. The summed E-state index contributed by atoms with van der Waals surface area (Å²) in [6, 6.07) is 5.91. The number of rotatable bonds is 8. The fourth-order valence-electron chi connectivity index (χ4n) is 2.11. The van der Waals surface area contributed by atoms with E-state index in [4.69, 9.17) is 4.74 Å². The number of fused-ring (bicyclic) bond motifs is 1. The maximum absolute atomic E-state index is 12.1. The van der Waals surface area contributed by atoms with Crippen molar-refractivity contribution < 1.29 is 9.53 Å². The molecule has 1 aromatic heterocycles. The molecule has 0 spiro atoms. The fraction of sp³-hybridized carbons (Fsp3) is 0.500. The second-order valence-electron chi connectivity index (χ2n) is 5.20. The molecule has 0 aliphatic rings. The number of aromatic amines is 1. The smallest absolute Gasteiger partial charge is 0.272 e. The van der Waals surface area contributed by atoms with E-state index in [0.717, 1.165) is 42.3 Å². The second kappa shape index (κ2) is 7.78. The molecule has 21 heavy (non-hydrogen) atoms. The van der Waals surface area contributed by atoms with E-state index in [-0.39, 0.29) is 5.91 Å². The van der Waals surface area contributed by atoms with Crippen molar-refractivity contribution in [1.29, 1.82) is 0 Å². The third-order valence-electron chi connectivity index (χ3n) is 3.33. The number of hydrogen-bond donors (Lipinski definition) is 2. The van der Waals surface area contributed by atoms with Crippen LogP contribution in [0.3, 0.4) is 0 Å². The van der Waals surface area contributed by atoms with Gasteiger partial charge in [-0.1, -0.05) is 25.0 Å². The fourth-order valence-corrected chi connectivity index (χ4v) is 2.11. The van der Waals surface area contributed by atoms with E-state index in [2.05, 4.69) is 22.4 Å². The Hall–Kier alpha value is -1.88. The predicted octanol–water partition coefficient (Wildman–Crippen LogP) is 2.81. The van der Waals surface area contributed by atoms with E-state index in [0.29, 0.717) is 18.8 Å². The minimum atomic E-state index is -0.139. The van der Waals surface area contributed by atoms with Crippen molar-refractivity contribution >= 4 is 16.8 Å². The number of aromatic nitrogens is 2. The first kappa shape index (κ1) is 15.5. The molecule has 5 heteroatoms. The molecule has 0 radical (unpaired) electrons. The number of benzene rings is 1. The van der Waals surface area contributed by atoms with Crippen LogP contribution in [0.25, 0.3) is 10.9 Å². The first-order valence-electron chi connectivity index (χ1n) is 7.53. The summed E-state index contributed by atoms with van der Waals surface area (Å²) in [7, 11) is 0. The maximum atomic E-state index is 12.1. The standard InChI is InChI=1S/C16H23N3O2/c1-3-4-9-21-10-5-8-17-16(20)15-13-11-12(2)6-7-14(13)18-19-15/h6-7,11H,3-5,8-10H2,1-2H3,(H,17,20)(H,18,19).